The Balaban J connectivity index is 1.54. The van der Waals surface area contributed by atoms with Crippen LogP contribution in [0.3, 0.4) is 0 Å². The van der Waals surface area contributed by atoms with Gasteiger partial charge in [0.2, 0.25) is 0 Å². The summed E-state index contributed by atoms with van der Waals surface area (Å²) in [4.78, 5) is 12.0. The second kappa shape index (κ2) is 7.15. The SMILES string of the molecule is Cc1ccc(S(=O)(=O)NC(=O)NCCc2cc(C)n(C3CC3)c2C)cc1. The normalized spacial score (nSPS) is 14.3. The molecule has 2 N–H and O–H groups in total. The van der Waals surface area contributed by atoms with Crippen LogP contribution in [0.5, 0.6) is 0 Å². The predicted molar refractivity (Wildman–Crippen MR) is 101 cm³/mol. The average Bonchev–Trinajstić information content (AvgIpc) is 3.34. The van der Waals surface area contributed by atoms with E-state index in [0.29, 0.717) is 19.0 Å². The molecule has 140 valence electrons. The van der Waals surface area contributed by atoms with Crippen molar-refractivity contribution in [1.82, 2.24) is 14.6 Å². The van der Waals surface area contributed by atoms with Gasteiger partial charge in [-0.05, 0) is 63.8 Å². The maximum absolute atomic E-state index is 12.2. The Bertz CT molecular complexity index is 910. The number of aryl methyl sites for hydroxylation is 2. The number of aromatic nitrogens is 1. The first-order chi connectivity index (χ1) is 12.3. The second-order valence-electron chi connectivity index (χ2n) is 6.92. The molecule has 2 aromatic rings. The van der Waals surface area contributed by atoms with E-state index in [1.54, 1.807) is 12.1 Å². The predicted octanol–water partition coefficient (Wildman–Crippen LogP) is 2.98. The summed E-state index contributed by atoms with van der Waals surface area (Å²) in [5.74, 6) is 0. The van der Waals surface area contributed by atoms with Crippen molar-refractivity contribution in [3.05, 3.63) is 52.8 Å². The van der Waals surface area contributed by atoms with Gasteiger partial charge in [-0.15, -0.1) is 0 Å². The summed E-state index contributed by atoms with van der Waals surface area (Å²) in [5.41, 5.74) is 4.62. The van der Waals surface area contributed by atoms with Gasteiger partial charge in [0.05, 0.1) is 4.90 Å². The number of carbonyl (C=O) groups excluding carboxylic acids is 1. The molecule has 1 aromatic heterocycles. The number of hydrogen-bond donors (Lipinski definition) is 2. The van der Waals surface area contributed by atoms with Crippen molar-refractivity contribution in [3.63, 3.8) is 0 Å². The molecule has 0 spiro atoms. The number of amides is 2. The van der Waals surface area contributed by atoms with Gasteiger partial charge in [0.15, 0.2) is 0 Å². The first-order valence-corrected chi connectivity index (χ1v) is 10.3. The number of nitrogens with one attached hydrogen (secondary N) is 2. The standard InChI is InChI=1S/C19H25N3O3S/c1-13-4-8-18(9-5-13)26(24,25)21-19(23)20-11-10-16-12-14(2)22(15(16)3)17-6-7-17/h4-5,8-9,12,17H,6-7,10-11H2,1-3H3,(H2,20,21,23). The average molecular weight is 375 g/mol. The molecule has 1 fully saturated rings. The van der Waals surface area contributed by atoms with E-state index < -0.39 is 16.1 Å². The fourth-order valence-electron chi connectivity index (χ4n) is 3.24. The van der Waals surface area contributed by atoms with Crippen LogP contribution in [0.4, 0.5) is 4.79 Å². The van der Waals surface area contributed by atoms with Crippen LogP contribution in [0, 0.1) is 20.8 Å². The highest BCUT2D eigenvalue weighted by molar-refractivity contribution is 7.90. The first kappa shape index (κ1) is 18.5. The zero-order valence-corrected chi connectivity index (χ0v) is 16.2. The Hall–Kier alpha value is -2.28. The highest BCUT2D eigenvalue weighted by Gasteiger charge is 2.26. The lowest BCUT2D eigenvalue weighted by Gasteiger charge is -2.10. The summed E-state index contributed by atoms with van der Waals surface area (Å²) < 4.78 is 28.8. The summed E-state index contributed by atoms with van der Waals surface area (Å²) in [6.07, 6.45) is 3.13. The molecule has 0 saturated heterocycles. The lowest BCUT2D eigenvalue weighted by molar-refractivity contribution is 0.246. The molecule has 1 aromatic carbocycles. The van der Waals surface area contributed by atoms with Gasteiger partial charge in [-0.3, -0.25) is 0 Å². The summed E-state index contributed by atoms with van der Waals surface area (Å²) in [6.45, 7) is 6.45. The monoisotopic (exact) mass is 375 g/mol. The molecular formula is C19H25N3O3S. The summed E-state index contributed by atoms with van der Waals surface area (Å²) in [7, 11) is -3.85. The van der Waals surface area contributed by atoms with Crippen molar-refractivity contribution >= 4 is 16.1 Å². The van der Waals surface area contributed by atoms with Crippen LogP contribution in [-0.2, 0) is 16.4 Å². The fourth-order valence-corrected chi connectivity index (χ4v) is 4.17. The molecule has 2 amide bonds. The quantitative estimate of drug-likeness (QED) is 0.814. The molecule has 0 aliphatic heterocycles. The molecule has 1 saturated carbocycles. The lowest BCUT2D eigenvalue weighted by atomic mass is 10.2. The highest BCUT2D eigenvalue weighted by atomic mass is 32.2. The molecule has 6 nitrogen and oxygen atoms in total. The van der Waals surface area contributed by atoms with Gasteiger partial charge in [0, 0.05) is 24.0 Å². The molecule has 7 heteroatoms. The zero-order valence-electron chi connectivity index (χ0n) is 15.4. The van der Waals surface area contributed by atoms with Crippen LogP contribution >= 0.6 is 0 Å². The van der Waals surface area contributed by atoms with E-state index in [4.69, 9.17) is 0 Å². The third-order valence-corrected chi connectivity index (χ3v) is 6.09. The van der Waals surface area contributed by atoms with E-state index in [2.05, 4.69) is 34.5 Å². The Kier molecular flexibility index (Phi) is 5.09. The van der Waals surface area contributed by atoms with Gasteiger partial charge in [-0.1, -0.05) is 17.7 Å². The minimum atomic E-state index is -3.85. The first-order valence-electron chi connectivity index (χ1n) is 8.82. The number of sulfonamides is 1. The number of carbonyl (C=O) groups is 1. The molecule has 1 aliphatic rings. The lowest BCUT2D eigenvalue weighted by Crippen LogP contribution is -2.40. The van der Waals surface area contributed by atoms with Gasteiger partial charge >= 0.3 is 6.03 Å². The van der Waals surface area contributed by atoms with Gasteiger partial charge < -0.3 is 9.88 Å². The Morgan fingerprint density at radius 3 is 2.42 bits per heavy atom. The third-order valence-electron chi connectivity index (χ3n) is 4.74. The molecule has 0 bridgehead atoms. The van der Waals surface area contributed by atoms with Crippen molar-refractivity contribution < 1.29 is 13.2 Å². The Morgan fingerprint density at radius 1 is 1.15 bits per heavy atom. The Labute approximate surface area is 154 Å². The highest BCUT2D eigenvalue weighted by Crippen LogP contribution is 2.38. The third kappa shape index (κ3) is 4.09. The maximum atomic E-state index is 12.2. The number of urea groups is 1. The maximum Gasteiger partial charge on any atom is 0.328 e. The summed E-state index contributed by atoms with van der Waals surface area (Å²) >= 11 is 0. The van der Waals surface area contributed by atoms with Crippen LogP contribution in [-0.4, -0.2) is 25.6 Å². The molecular weight excluding hydrogens is 350 g/mol. The number of benzene rings is 1. The zero-order chi connectivity index (χ0) is 18.9. The van der Waals surface area contributed by atoms with Crippen molar-refractivity contribution in [3.8, 4) is 0 Å². The minimum absolute atomic E-state index is 0.0752. The van der Waals surface area contributed by atoms with Gasteiger partial charge in [-0.2, -0.15) is 0 Å². The second-order valence-corrected chi connectivity index (χ2v) is 8.60. The topological polar surface area (TPSA) is 80.2 Å². The van der Waals surface area contributed by atoms with E-state index in [1.165, 1.54) is 41.9 Å². The van der Waals surface area contributed by atoms with Crippen molar-refractivity contribution in [2.24, 2.45) is 0 Å². The molecule has 0 radical (unpaired) electrons. The van der Waals surface area contributed by atoms with E-state index in [1.807, 2.05) is 6.92 Å². The number of rotatable bonds is 6. The number of nitrogens with zero attached hydrogens (tertiary/aromatic N) is 1. The largest absolute Gasteiger partial charge is 0.346 e. The molecule has 0 unspecified atom stereocenters. The van der Waals surface area contributed by atoms with E-state index in [0.717, 1.165) is 5.56 Å². The van der Waals surface area contributed by atoms with Crippen LogP contribution in [0.2, 0.25) is 0 Å². The van der Waals surface area contributed by atoms with E-state index in [9.17, 15) is 13.2 Å². The summed E-state index contributed by atoms with van der Waals surface area (Å²) in [6, 6.07) is 8.43. The van der Waals surface area contributed by atoms with Gasteiger partial charge in [-0.25, -0.2) is 17.9 Å². The Morgan fingerprint density at radius 2 is 1.81 bits per heavy atom. The molecule has 0 atom stereocenters. The van der Waals surface area contributed by atoms with Gasteiger partial charge in [0.1, 0.15) is 0 Å². The van der Waals surface area contributed by atoms with Crippen molar-refractivity contribution in [2.45, 2.75) is 51.0 Å². The van der Waals surface area contributed by atoms with Crippen LogP contribution < -0.4 is 10.0 Å². The van der Waals surface area contributed by atoms with Crippen molar-refractivity contribution in [2.75, 3.05) is 6.54 Å². The van der Waals surface area contributed by atoms with E-state index in [-0.39, 0.29) is 4.90 Å². The number of hydrogen-bond acceptors (Lipinski definition) is 3. The van der Waals surface area contributed by atoms with Crippen LogP contribution in [0.1, 0.15) is 41.4 Å². The molecule has 26 heavy (non-hydrogen) atoms. The van der Waals surface area contributed by atoms with Crippen molar-refractivity contribution in [1.29, 1.82) is 0 Å². The summed E-state index contributed by atoms with van der Waals surface area (Å²) in [5, 5.41) is 2.63. The van der Waals surface area contributed by atoms with E-state index >= 15 is 0 Å². The molecule has 3 rings (SSSR count). The molecule has 1 aliphatic carbocycles. The fraction of sp³-hybridized carbons (Fsp3) is 0.421. The van der Waals surface area contributed by atoms with Crippen LogP contribution in [0.15, 0.2) is 35.2 Å². The van der Waals surface area contributed by atoms with Gasteiger partial charge in [0.25, 0.3) is 10.0 Å². The van der Waals surface area contributed by atoms with Crippen LogP contribution in [0.25, 0.3) is 0 Å². The smallest absolute Gasteiger partial charge is 0.328 e. The molecule has 1 heterocycles. The minimum Gasteiger partial charge on any atom is -0.346 e.